The Morgan fingerprint density at radius 3 is 2.74 bits per heavy atom. The molecule has 4 saturated carbocycles. The van der Waals surface area contributed by atoms with Crippen LogP contribution in [0.4, 0.5) is 0 Å². The number of carbonyl (C=O) groups is 1. The van der Waals surface area contributed by atoms with Crippen molar-refractivity contribution in [3.63, 3.8) is 0 Å². The molecule has 1 amide bonds. The van der Waals surface area contributed by atoms with Crippen molar-refractivity contribution in [2.75, 3.05) is 20.2 Å². The molecule has 0 aromatic carbocycles. The van der Waals surface area contributed by atoms with E-state index in [1.54, 1.807) is 4.90 Å². The molecular weight excluding hydrogens is 290 g/mol. The lowest BCUT2D eigenvalue weighted by Crippen LogP contribution is -2.66. The Kier molecular flexibility index (Phi) is 3.66. The van der Waals surface area contributed by atoms with Crippen LogP contribution in [0.3, 0.4) is 0 Å². The highest BCUT2D eigenvalue weighted by molar-refractivity contribution is 5.79. The number of ether oxygens (including phenoxy) is 1. The Bertz CT molecular complexity index is 527. The Labute approximate surface area is 138 Å². The third kappa shape index (κ3) is 2.56. The Balaban J connectivity index is 1.43. The molecule has 4 bridgehead atoms. The lowest BCUT2D eigenvalue weighted by Gasteiger charge is -2.61. The molecule has 0 aromatic heterocycles. The number of methoxy groups -OCH3 is 1. The summed E-state index contributed by atoms with van der Waals surface area (Å²) in [4.78, 5) is 14.3. The van der Waals surface area contributed by atoms with Gasteiger partial charge in [-0.15, -0.1) is 0 Å². The molecule has 5 aliphatic rings. The summed E-state index contributed by atoms with van der Waals surface area (Å²) in [5.74, 6) is 1.59. The van der Waals surface area contributed by atoms with Crippen LogP contribution in [0.15, 0.2) is 0 Å². The molecule has 3 atom stereocenters. The molecule has 1 N–H and O–H groups in total. The monoisotopic (exact) mass is 317 g/mol. The second kappa shape index (κ2) is 5.46. The van der Waals surface area contributed by atoms with Gasteiger partial charge in [0.25, 0.3) is 0 Å². The molecule has 4 aliphatic carbocycles. The van der Waals surface area contributed by atoms with E-state index in [1.165, 1.54) is 32.1 Å². The quantitative estimate of drug-likeness (QED) is 0.859. The van der Waals surface area contributed by atoms with Crippen LogP contribution in [0.25, 0.3) is 0 Å². The number of rotatable bonds is 4. The second-order valence-corrected chi connectivity index (χ2v) is 8.36. The smallest absolute Gasteiger partial charge is 0.237 e. The van der Waals surface area contributed by atoms with Gasteiger partial charge < -0.3 is 15.0 Å². The van der Waals surface area contributed by atoms with E-state index in [1.807, 2.05) is 7.11 Å². The minimum absolute atomic E-state index is 0.0446. The van der Waals surface area contributed by atoms with Gasteiger partial charge >= 0.3 is 0 Å². The maximum Gasteiger partial charge on any atom is 0.237 e. The first kappa shape index (κ1) is 15.4. The van der Waals surface area contributed by atoms with Crippen LogP contribution < -0.4 is 5.32 Å². The fourth-order valence-corrected chi connectivity index (χ4v) is 6.19. The SMILES string of the molecule is COC12CC3CC(CC(NCC(=O)N4CCCC4C#N)(C3)C1)C2. The Hall–Kier alpha value is -1.12. The van der Waals surface area contributed by atoms with Crippen molar-refractivity contribution < 1.29 is 9.53 Å². The van der Waals surface area contributed by atoms with Gasteiger partial charge in [-0.25, -0.2) is 0 Å². The molecule has 0 spiro atoms. The van der Waals surface area contributed by atoms with E-state index in [9.17, 15) is 4.79 Å². The van der Waals surface area contributed by atoms with Gasteiger partial charge in [0.05, 0.1) is 18.2 Å². The number of hydrogen-bond acceptors (Lipinski definition) is 4. The fraction of sp³-hybridized carbons (Fsp3) is 0.889. The zero-order valence-corrected chi connectivity index (χ0v) is 14.0. The highest BCUT2D eigenvalue weighted by atomic mass is 16.5. The van der Waals surface area contributed by atoms with Crippen LogP contribution in [0.1, 0.15) is 51.4 Å². The van der Waals surface area contributed by atoms with E-state index in [0.29, 0.717) is 6.54 Å². The first-order valence-corrected chi connectivity index (χ1v) is 9.06. The first-order chi connectivity index (χ1) is 11.1. The lowest BCUT2D eigenvalue weighted by atomic mass is 9.51. The molecule has 5 rings (SSSR count). The van der Waals surface area contributed by atoms with Gasteiger partial charge in [-0.05, 0) is 63.2 Å². The Morgan fingerprint density at radius 1 is 1.35 bits per heavy atom. The number of nitrogens with one attached hydrogen (secondary N) is 1. The van der Waals surface area contributed by atoms with Crippen LogP contribution in [0, 0.1) is 23.2 Å². The summed E-state index contributed by atoms with van der Waals surface area (Å²) in [7, 11) is 1.85. The van der Waals surface area contributed by atoms with Crippen molar-refractivity contribution in [1.82, 2.24) is 10.2 Å². The van der Waals surface area contributed by atoms with E-state index in [4.69, 9.17) is 10.00 Å². The largest absolute Gasteiger partial charge is 0.378 e. The number of carbonyl (C=O) groups excluding carboxylic acids is 1. The summed E-state index contributed by atoms with van der Waals surface area (Å²) in [6, 6.07) is 2.04. The normalized spacial score (nSPS) is 44.5. The van der Waals surface area contributed by atoms with Gasteiger partial charge in [-0.1, -0.05) is 0 Å². The van der Waals surface area contributed by atoms with E-state index in [2.05, 4.69) is 11.4 Å². The molecule has 0 aromatic rings. The molecule has 126 valence electrons. The predicted molar refractivity (Wildman–Crippen MR) is 85.5 cm³/mol. The highest BCUT2D eigenvalue weighted by Crippen LogP contribution is 2.58. The standard InChI is InChI=1S/C18H27N3O2/c1-23-18-8-13-5-14(9-18)7-17(6-13,12-18)20-11-16(22)21-4-2-3-15(21)10-19/h13-15,20H,2-9,11-12H2,1H3. The minimum Gasteiger partial charge on any atom is -0.378 e. The zero-order chi connectivity index (χ0) is 16.1. The fourth-order valence-electron chi connectivity index (χ4n) is 6.19. The molecular formula is C18H27N3O2. The molecule has 5 heteroatoms. The maximum atomic E-state index is 12.5. The van der Waals surface area contributed by atoms with Crippen molar-refractivity contribution in [2.24, 2.45) is 11.8 Å². The first-order valence-electron chi connectivity index (χ1n) is 9.06. The number of hydrogen-bond donors (Lipinski definition) is 1. The maximum absolute atomic E-state index is 12.5. The van der Waals surface area contributed by atoms with Crippen LogP contribution in [0.5, 0.6) is 0 Å². The number of likely N-dealkylation sites (tertiary alicyclic amines) is 1. The van der Waals surface area contributed by atoms with Crippen molar-refractivity contribution in [1.29, 1.82) is 5.26 Å². The summed E-state index contributed by atoms with van der Waals surface area (Å²) in [5.41, 5.74) is 0.126. The van der Waals surface area contributed by atoms with E-state index < -0.39 is 0 Å². The van der Waals surface area contributed by atoms with E-state index >= 15 is 0 Å². The second-order valence-electron chi connectivity index (χ2n) is 8.36. The zero-order valence-electron chi connectivity index (χ0n) is 14.0. The predicted octanol–water partition coefficient (Wildman–Crippen LogP) is 1.83. The van der Waals surface area contributed by atoms with Gasteiger partial charge in [-0.3, -0.25) is 4.79 Å². The van der Waals surface area contributed by atoms with Crippen molar-refractivity contribution in [3.8, 4) is 6.07 Å². The van der Waals surface area contributed by atoms with Crippen LogP contribution in [0.2, 0.25) is 0 Å². The average Bonchev–Trinajstić information content (AvgIpc) is 3.00. The summed E-state index contributed by atoms with van der Waals surface area (Å²) in [6.45, 7) is 1.11. The molecule has 23 heavy (non-hydrogen) atoms. The van der Waals surface area contributed by atoms with E-state index in [-0.39, 0.29) is 23.1 Å². The van der Waals surface area contributed by atoms with Crippen LogP contribution in [-0.4, -0.2) is 48.2 Å². The van der Waals surface area contributed by atoms with Crippen LogP contribution in [-0.2, 0) is 9.53 Å². The van der Waals surface area contributed by atoms with E-state index in [0.717, 1.165) is 37.6 Å². The molecule has 0 radical (unpaired) electrons. The van der Waals surface area contributed by atoms with Gasteiger partial charge in [0.1, 0.15) is 6.04 Å². The number of nitriles is 1. The van der Waals surface area contributed by atoms with Gasteiger partial charge in [0.2, 0.25) is 5.91 Å². The highest BCUT2D eigenvalue weighted by Gasteiger charge is 2.58. The number of nitrogens with zero attached hydrogens (tertiary/aromatic N) is 2. The number of amides is 1. The Morgan fingerprint density at radius 2 is 2.09 bits per heavy atom. The molecule has 1 aliphatic heterocycles. The third-order valence-electron chi connectivity index (χ3n) is 6.78. The molecule has 1 heterocycles. The minimum atomic E-state index is -0.217. The van der Waals surface area contributed by atoms with Gasteiger partial charge in [0.15, 0.2) is 0 Å². The average molecular weight is 317 g/mol. The molecule has 3 unspecified atom stereocenters. The van der Waals surface area contributed by atoms with Crippen molar-refractivity contribution >= 4 is 5.91 Å². The summed E-state index contributed by atoms with van der Waals surface area (Å²) in [6.07, 6.45) is 8.91. The van der Waals surface area contributed by atoms with Crippen LogP contribution >= 0.6 is 0 Å². The summed E-state index contributed by atoms with van der Waals surface area (Å²) in [5, 5.41) is 12.8. The summed E-state index contributed by atoms with van der Waals surface area (Å²) >= 11 is 0. The molecule has 5 fully saturated rings. The topological polar surface area (TPSA) is 65.4 Å². The van der Waals surface area contributed by atoms with Gasteiger partial charge in [-0.2, -0.15) is 5.26 Å². The molecule has 1 saturated heterocycles. The summed E-state index contributed by atoms with van der Waals surface area (Å²) < 4.78 is 5.94. The van der Waals surface area contributed by atoms with Crippen molar-refractivity contribution in [2.45, 2.75) is 68.5 Å². The molecule has 5 nitrogen and oxygen atoms in total. The van der Waals surface area contributed by atoms with Gasteiger partial charge in [0, 0.05) is 19.2 Å². The third-order valence-corrected chi connectivity index (χ3v) is 6.78. The van der Waals surface area contributed by atoms with Crippen molar-refractivity contribution in [3.05, 3.63) is 0 Å². The lowest BCUT2D eigenvalue weighted by molar-refractivity contribution is -0.162.